The number of carbonyl (C=O) groups excluding carboxylic acids is 2. The molecule has 1 aromatic rings. The maximum Gasteiger partial charge on any atom is 0.246 e. The molecule has 96 valence electrons. The lowest BCUT2D eigenvalue weighted by atomic mass is 10.1. The van der Waals surface area contributed by atoms with Gasteiger partial charge in [-0.05, 0) is 19.4 Å². The van der Waals surface area contributed by atoms with Gasteiger partial charge in [-0.2, -0.15) is 0 Å². The Labute approximate surface area is 107 Å². The smallest absolute Gasteiger partial charge is 0.246 e. The average molecular weight is 246 g/mol. The van der Waals surface area contributed by atoms with Crippen LogP contribution in [0.1, 0.15) is 23.1 Å². The number of amides is 2. The summed E-state index contributed by atoms with van der Waals surface area (Å²) in [7, 11) is 1.53. The molecule has 0 radical (unpaired) electrons. The number of benzene rings is 1. The molecule has 1 saturated heterocycles. The molecule has 0 aromatic heterocycles. The van der Waals surface area contributed by atoms with Gasteiger partial charge in [0.05, 0.1) is 12.5 Å². The third kappa shape index (κ3) is 2.59. The quantitative estimate of drug-likeness (QED) is 0.814. The van der Waals surface area contributed by atoms with E-state index in [0.29, 0.717) is 6.54 Å². The molecular formula is C14H18N2O2. The van der Waals surface area contributed by atoms with Gasteiger partial charge >= 0.3 is 0 Å². The minimum atomic E-state index is -0.372. The number of hydrogen-bond acceptors (Lipinski definition) is 3. The third-order valence-electron chi connectivity index (χ3n) is 3.22. The van der Waals surface area contributed by atoms with Gasteiger partial charge in [0.2, 0.25) is 11.8 Å². The Hall–Kier alpha value is -1.68. The first-order valence-electron chi connectivity index (χ1n) is 6.08. The standard InChI is InChI=1S/C14H18N2O2/c1-9-4-10(2)6-11(5-9)8-15-12-7-13(17)16(3)14(12)18/h4-6,12,15H,7-8H2,1-3H3. The molecule has 1 heterocycles. The van der Waals surface area contributed by atoms with Crippen LogP contribution in [0.4, 0.5) is 0 Å². The van der Waals surface area contributed by atoms with E-state index in [9.17, 15) is 9.59 Å². The Bertz CT molecular complexity index is 476. The van der Waals surface area contributed by atoms with Crippen LogP contribution in [0.15, 0.2) is 18.2 Å². The Balaban J connectivity index is 2.00. The fourth-order valence-corrected chi connectivity index (χ4v) is 2.33. The first kappa shape index (κ1) is 12.8. The second-order valence-corrected chi connectivity index (χ2v) is 4.92. The van der Waals surface area contributed by atoms with E-state index < -0.39 is 0 Å². The van der Waals surface area contributed by atoms with E-state index in [1.807, 2.05) is 0 Å². The summed E-state index contributed by atoms with van der Waals surface area (Å²) in [5.41, 5.74) is 3.55. The molecule has 0 saturated carbocycles. The van der Waals surface area contributed by atoms with Crippen molar-refractivity contribution in [2.75, 3.05) is 7.05 Å². The van der Waals surface area contributed by atoms with Crippen molar-refractivity contribution in [1.82, 2.24) is 10.2 Å². The number of likely N-dealkylation sites (tertiary alicyclic amines) is 1. The number of aryl methyl sites for hydroxylation is 2. The van der Waals surface area contributed by atoms with Gasteiger partial charge in [0.25, 0.3) is 0 Å². The van der Waals surface area contributed by atoms with Crippen molar-refractivity contribution in [2.24, 2.45) is 0 Å². The van der Waals surface area contributed by atoms with Crippen LogP contribution in [-0.2, 0) is 16.1 Å². The van der Waals surface area contributed by atoms with Crippen LogP contribution in [0.5, 0.6) is 0 Å². The molecule has 1 aromatic carbocycles. The molecule has 1 fully saturated rings. The summed E-state index contributed by atoms with van der Waals surface area (Å²) >= 11 is 0. The predicted octanol–water partition coefficient (Wildman–Crippen LogP) is 1.15. The van der Waals surface area contributed by atoms with E-state index in [-0.39, 0.29) is 24.3 Å². The van der Waals surface area contributed by atoms with Crippen molar-refractivity contribution >= 4 is 11.8 Å². The fraction of sp³-hybridized carbons (Fsp3) is 0.429. The second kappa shape index (κ2) is 4.90. The van der Waals surface area contributed by atoms with Crippen LogP contribution >= 0.6 is 0 Å². The number of nitrogens with zero attached hydrogens (tertiary/aromatic N) is 1. The van der Waals surface area contributed by atoms with Crippen LogP contribution in [0.25, 0.3) is 0 Å². The van der Waals surface area contributed by atoms with Crippen molar-refractivity contribution in [3.05, 3.63) is 34.9 Å². The molecule has 0 aliphatic carbocycles. The van der Waals surface area contributed by atoms with Crippen LogP contribution < -0.4 is 5.32 Å². The van der Waals surface area contributed by atoms with Gasteiger partial charge < -0.3 is 5.32 Å². The second-order valence-electron chi connectivity index (χ2n) is 4.92. The van der Waals surface area contributed by atoms with Crippen molar-refractivity contribution in [3.8, 4) is 0 Å². The summed E-state index contributed by atoms with van der Waals surface area (Å²) in [5.74, 6) is -0.248. The highest BCUT2D eigenvalue weighted by atomic mass is 16.2. The maximum atomic E-state index is 11.7. The van der Waals surface area contributed by atoms with Gasteiger partial charge in [-0.25, -0.2) is 0 Å². The van der Waals surface area contributed by atoms with Crippen molar-refractivity contribution in [1.29, 1.82) is 0 Å². The molecule has 0 bridgehead atoms. The number of hydrogen-bond donors (Lipinski definition) is 1. The predicted molar refractivity (Wildman–Crippen MR) is 68.9 cm³/mol. The van der Waals surface area contributed by atoms with Crippen LogP contribution in [-0.4, -0.2) is 29.8 Å². The fourth-order valence-electron chi connectivity index (χ4n) is 2.33. The molecule has 2 rings (SSSR count). The van der Waals surface area contributed by atoms with Gasteiger partial charge in [0, 0.05) is 13.6 Å². The number of carbonyl (C=O) groups is 2. The Morgan fingerprint density at radius 1 is 1.22 bits per heavy atom. The summed E-state index contributed by atoms with van der Waals surface area (Å²) < 4.78 is 0. The molecule has 4 nitrogen and oxygen atoms in total. The Kier molecular flexibility index (Phi) is 3.48. The van der Waals surface area contributed by atoms with E-state index in [4.69, 9.17) is 0 Å². The maximum absolute atomic E-state index is 11.7. The van der Waals surface area contributed by atoms with Gasteiger partial charge in [-0.3, -0.25) is 14.5 Å². The van der Waals surface area contributed by atoms with E-state index in [2.05, 4.69) is 37.4 Å². The van der Waals surface area contributed by atoms with E-state index >= 15 is 0 Å². The van der Waals surface area contributed by atoms with Crippen LogP contribution in [0, 0.1) is 13.8 Å². The highest BCUT2D eigenvalue weighted by Gasteiger charge is 2.35. The number of rotatable bonds is 3. The van der Waals surface area contributed by atoms with Crippen molar-refractivity contribution < 1.29 is 9.59 Å². The topological polar surface area (TPSA) is 49.4 Å². The van der Waals surface area contributed by atoms with E-state index in [1.54, 1.807) is 0 Å². The zero-order valence-corrected chi connectivity index (χ0v) is 11.0. The molecule has 18 heavy (non-hydrogen) atoms. The van der Waals surface area contributed by atoms with Gasteiger partial charge in [-0.1, -0.05) is 29.3 Å². The minimum absolute atomic E-state index is 0.113. The molecular weight excluding hydrogens is 228 g/mol. The monoisotopic (exact) mass is 246 g/mol. The molecule has 1 unspecified atom stereocenters. The molecule has 1 aliphatic heterocycles. The summed E-state index contributed by atoms with van der Waals surface area (Å²) in [6.45, 7) is 4.71. The highest BCUT2D eigenvalue weighted by Crippen LogP contribution is 2.13. The van der Waals surface area contributed by atoms with Crippen LogP contribution in [0.3, 0.4) is 0 Å². The lowest BCUT2D eigenvalue weighted by Crippen LogP contribution is -2.36. The summed E-state index contributed by atoms with van der Waals surface area (Å²) in [6, 6.07) is 5.92. The normalized spacial score (nSPS) is 19.7. The Morgan fingerprint density at radius 2 is 1.83 bits per heavy atom. The van der Waals surface area contributed by atoms with Gasteiger partial charge in [0.15, 0.2) is 0 Å². The van der Waals surface area contributed by atoms with E-state index in [0.717, 1.165) is 5.56 Å². The lowest BCUT2D eigenvalue weighted by Gasteiger charge is -2.12. The molecule has 1 N–H and O–H groups in total. The molecule has 2 amide bonds. The van der Waals surface area contributed by atoms with Gasteiger partial charge in [-0.15, -0.1) is 0 Å². The van der Waals surface area contributed by atoms with Crippen molar-refractivity contribution in [2.45, 2.75) is 32.9 Å². The van der Waals surface area contributed by atoms with Gasteiger partial charge in [0.1, 0.15) is 0 Å². The number of imide groups is 1. The number of likely N-dealkylation sites (N-methyl/N-ethyl adjacent to an activating group) is 1. The average Bonchev–Trinajstić information content (AvgIpc) is 2.53. The molecule has 4 heteroatoms. The first-order valence-corrected chi connectivity index (χ1v) is 6.08. The highest BCUT2D eigenvalue weighted by molar-refractivity contribution is 6.05. The lowest BCUT2D eigenvalue weighted by molar-refractivity contribution is -0.137. The molecule has 1 atom stereocenters. The summed E-state index contributed by atoms with van der Waals surface area (Å²) in [6.07, 6.45) is 0.264. The zero-order valence-electron chi connectivity index (χ0n) is 11.0. The molecule has 1 aliphatic rings. The van der Waals surface area contributed by atoms with E-state index in [1.165, 1.54) is 23.1 Å². The number of nitrogens with one attached hydrogen (secondary N) is 1. The summed E-state index contributed by atoms with van der Waals surface area (Å²) in [5, 5.41) is 3.15. The van der Waals surface area contributed by atoms with Crippen LogP contribution in [0.2, 0.25) is 0 Å². The Morgan fingerprint density at radius 3 is 2.33 bits per heavy atom. The van der Waals surface area contributed by atoms with Crippen molar-refractivity contribution in [3.63, 3.8) is 0 Å². The zero-order chi connectivity index (χ0) is 13.3. The third-order valence-corrected chi connectivity index (χ3v) is 3.22. The minimum Gasteiger partial charge on any atom is -0.301 e. The SMILES string of the molecule is Cc1cc(C)cc(CNC2CC(=O)N(C)C2=O)c1. The summed E-state index contributed by atoms with van der Waals surface area (Å²) in [4.78, 5) is 24.3. The largest absolute Gasteiger partial charge is 0.301 e. The molecule has 0 spiro atoms. The first-order chi connectivity index (χ1) is 8.47.